The summed E-state index contributed by atoms with van der Waals surface area (Å²) >= 11 is 3.13. The fourth-order valence-electron chi connectivity index (χ4n) is 3.11. The number of β-amino-alcohol motifs (C(OH)–C–C–N with tert-alkyl or cyclic N) is 1. The van der Waals surface area contributed by atoms with E-state index in [9.17, 15) is 9.90 Å². The van der Waals surface area contributed by atoms with E-state index in [2.05, 4.69) is 16.8 Å². The molecule has 2 atom stereocenters. The lowest BCUT2D eigenvalue weighted by molar-refractivity contribution is 0.0386. The van der Waals surface area contributed by atoms with E-state index in [4.69, 9.17) is 0 Å². The van der Waals surface area contributed by atoms with Crippen LogP contribution in [-0.4, -0.2) is 64.1 Å². The van der Waals surface area contributed by atoms with E-state index in [-0.39, 0.29) is 18.1 Å². The number of aliphatic hydroxyl groups is 1. The minimum atomic E-state index is -0.337. The van der Waals surface area contributed by atoms with Gasteiger partial charge in [-0.2, -0.15) is 0 Å². The van der Waals surface area contributed by atoms with E-state index < -0.39 is 0 Å². The third kappa shape index (κ3) is 3.69. The molecule has 2 aromatic heterocycles. The molecule has 0 saturated carbocycles. The van der Waals surface area contributed by atoms with Crippen LogP contribution in [0.4, 0.5) is 0 Å². The number of aromatic nitrogens is 1. The zero-order chi connectivity index (χ0) is 17.3. The molecule has 0 aliphatic carbocycles. The molecule has 0 radical (unpaired) electrons. The van der Waals surface area contributed by atoms with Crippen LogP contribution in [0.2, 0.25) is 0 Å². The van der Waals surface area contributed by atoms with Gasteiger partial charge in [0.15, 0.2) is 0 Å². The summed E-state index contributed by atoms with van der Waals surface area (Å²) in [5.74, 6) is 0.0806. The van der Waals surface area contributed by atoms with E-state index in [1.807, 2.05) is 29.3 Å². The zero-order valence-electron chi connectivity index (χ0n) is 14.2. The second-order valence-corrected chi connectivity index (χ2v) is 8.31. The maximum absolute atomic E-state index is 13.0. The fraction of sp³-hybridized carbons (Fsp3) is 0.529. The molecule has 3 heterocycles. The quantitative estimate of drug-likeness (QED) is 0.905. The van der Waals surface area contributed by atoms with Crippen LogP contribution in [-0.2, 0) is 0 Å². The van der Waals surface area contributed by atoms with Gasteiger partial charge in [-0.15, -0.1) is 22.7 Å². The maximum Gasteiger partial charge on any atom is 0.266 e. The molecule has 2 aromatic rings. The zero-order valence-corrected chi connectivity index (χ0v) is 15.9. The summed E-state index contributed by atoms with van der Waals surface area (Å²) in [6.07, 6.45) is -0.337. The molecule has 0 aromatic carbocycles. The largest absolute Gasteiger partial charge is 0.392 e. The van der Waals surface area contributed by atoms with Crippen LogP contribution < -0.4 is 0 Å². The highest BCUT2D eigenvalue weighted by Gasteiger charge is 2.30. The monoisotopic (exact) mass is 365 g/mol. The highest BCUT2D eigenvalue weighted by atomic mass is 32.1. The Kier molecular flexibility index (Phi) is 5.34. The van der Waals surface area contributed by atoms with Crippen molar-refractivity contribution >= 4 is 28.6 Å². The standard InChI is InChI=1S/C17H23N3O2S2/c1-11-9-19(10-12(2)21)6-7-20(11)17(22)15-13(3)18-16(24-15)14-5-4-8-23-14/h4-5,8,11-12,21H,6-7,9-10H2,1-3H3/t11-,12+/m1/s1. The first-order valence-electron chi connectivity index (χ1n) is 8.18. The molecule has 5 nitrogen and oxygen atoms in total. The Morgan fingerprint density at radius 3 is 2.92 bits per heavy atom. The van der Waals surface area contributed by atoms with E-state index in [0.717, 1.165) is 33.5 Å². The van der Waals surface area contributed by atoms with Crippen LogP contribution >= 0.6 is 22.7 Å². The smallest absolute Gasteiger partial charge is 0.266 e. The topological polar surface area (TPSA) is 56.7 Å². The predicted octanol–water partition coefficient (Wildman–Crippen LogP) is 2.71. The molecule has 7 heteroatoms. The van der Waals surface area contributed by atoms with Crippen LogP contribution in [0.15, 0.2) is 17.5 Å². The molecule has 1 fully saturated rings. The molecule has 1 aliphatic rings. The third-order valence-electron chi connectivity index (χ3n) is 4.22. The van der Waals surface area contributed by atoms with Crippen molar-refractivity contribution < 1.29 is 9.90 Å². The van der Waals surface area contributed by atoms with Crippen LogP contribution in [0.1, 0.15) is 29.2 Å². The lowest BCUT2D eigenvalue weighted by Crippen LogP contribution is -2.55. The molecular weight excluding hydrogens is 342 g/mol. The molecule has 0 bridgehead atoms. The van der Waals surface area contributed by atoms with Gasteiger partial charge in [0.1, 0.15) is 9.88 Å². The summed E-state index contributed by atoms with van der Waals surface area (Å²) in [7, 11) is 0. The summed E-state index contributed by atoms with van der Waals surface area (Å²) < 4.78 is 0. The van der Waals surface area contributed by atoms with Gasteiger partial charge in [-0.25, -0.2) is 4.98 Å². The summed E-state index contributed by atoms with van der Waals surface area (Å²) in [5.41, 5.74) is 0.812. The maximum atomic E-state index is 13.0. The Bertz CT molecular complexity index is 697. The Hall–Kier alpha value is -1.28. The molecule has 0 unspecified atom stereocenters. The van der Waals surface area contributed by atoms with E-state index in [1.165, 1.54) is 11.3 Å². The van der Waals surface area contributed by atoms with Crippen molar-refractivity contribution in [2.75, 3.05) is 26.2 Å². The average molecular weight is 366 g/mol. The van der Waals surface area contributed by atoms with Crippen LogP contribution in [0.5, 0.6) is 0 Å². The number of aliphatic hydroxyl groups excluding tert-OH is 1. The first-order chi connectivity index (χ1) is 11.5. The van der Waals surface area contributed by atoms with Gasteiger partial charge in [0, 0.05) is 32.2 Å². The van der Waals surface area contributed by atoms with Gasteiger partial charge in [0.05, 0.1) is 16.7 Å². The van der Waals surface area contributed by atoms with Crippen molar-refractivity contribution in [2.24, 2.45) is 0 Å². The van der Waals surface area contributed by atoms with Gasteiger partial charge in [0.2, 0.25) is 0 Å². The van der Waals surface area contributed by atoms with Crippen molar-refractivity contribution in [1.29, 1.82) is 0 Å². The molecule has 3 rings (SSSR count). The Balaban J connectivity index is 1.73. The van der Waals surface area contributed by atoms with Crippen molar-refractivity contribution in [3.8, 4) is 9.88 Å². The number of hydrogen-bond acceptors (Lipinski definition) is 6. The van der Waals surface area contributed by atoms with Gasteiger partial charge < -0.3 is 10.0 Å². The van der Waals surface area contributed by atoms with Gasteiger partial charge in [-0.3, -0.25) is 9.69 Å². The Morgan fingerprint density at radius 1 is 1.50 bits per heavy atom. The number of nitrogens with zero attached hydrogens (tertiary/aromatic N) is 3. The lowest BCUT2D eigenvalue weighted by Gasteiger charge is -2.40. The minimum absolute atomic E-state index is 0.0806. The predicted molar refractivity (Wildman–Crippen MR) is 98.8 cm³/mol. The van der Waals surface area contributed by atoms with Gasteiger partial charge in [-0.1, -0.05) is 6.07 Å². The van der Waals surface area contributed by atoms with Crippen LogP contribution in [0, 0.1) is 6.92 Å². The van der Waals surface area contributed by atoms with Crippen molar-refractivity contribution in [2.45, 2.75) is 32.9 Å². The molecule has 130 valence electrons. The third-order valence-corrected chi connectivity index (χ3v) is 6.40. The number of thiophene rings is 1. The Labute approximate surface area is 150 Å². The first-order valence-corrected chi connectivity index (χ1v) is 9.88. The summed E-state index contributed by atoms with van der Waals surface area (Å²) in [5, 5.41) is 12.5. The van der Waals surface area contributed by atoms with Gasteiger partial charge in [0.25, 0.3) is 5.91 Å². The summed E-state index contributed by atoms with van der Waals surface area (Å²) in [6.45, 7) is 8.74. The average Bonchev–Trinajstić information content (AvgIpc) is 3.15. The van der Waals surface area contributed by atoms with E-state index in [0.29, 0.717) is 13.1 Å². The molecule has 1 amide bonds. The van der Waals surface area contributed by atoms with Gasteiger partial charge >= 0.3 is 0 Å². The molecular formula is C17H23N3O2S2. The number of aryl methyl sites for hydroxylation is 1. The summed E-state index contributed by atoms with van der Waals surface area (Å²) in [4.78, 5) is 23.6. The minimum Gasteiger partial charge on any atom is -0.392 e. The van der Waals surface area contributed by atoms with E-state index >= 15 is 0 Å². The van der Waals surface area contributed by atoms with Crippen molar-refractivity contribution in [3.63, 3.8) is 0 Å². The number of piperazine rings is 1. The first kappa shape index (κ1) is 17.5. The van der Waals surface area contributed by atoms with Crippen LogP contribution in [0.3, 0.4) is 0 Å². The number of hydrogen-bond donors (Lipinski definition) is 1. The molecule has 0 spiro atoms. The lowest BCUT2D eigenvalue weighted by atomic mass is 10.1. The highest BCUT2D eigenvalue weighted by Crippen LogP contribution is 2.32. The van der Waals surface area contributed by atoms with Crippen molar-refractivity contribution in [1.82, 2.24) is 14.8 Å². The second kappa shape index (κ2) is 7.31. The second-order valence-electron chi connectivity index (χ2n) is 6.37. The van der Waals surface area contributed by atoms with Crippen molar-refractivity contribution in [3.05, 3.63) is 28.1 Å². The summed E-state index contributed by atoms with van der Waals surface area (Å²) in [6, 6.07) is 4.17. The number of carbonyl (C=O) groups excluding carboxylic acids is 1. The number of rotatable bonds is 4. The number of carbonyl (C=O) groups is 1. The molecule has 1 N–H and O–H groups in total. The highest BCUT2D eigenvalue weighted by molar-refractivity contribution is 7.22. The fourth-order valence-corrected chi connectivity index (χ4v) is 4.92. The molecule has 1 saturated heterocycles. The Morgan fingerprint density at radius 2 is 2.29 bits per heavy atom. The van der Waals surface area contributed by atoms with Gasteiger partial charge in [-0.05, 0) is 32.2 Å². The normalized spacial score (nSPS) is 20.3. The molecule has 1 aliphatic heterocycles. The number of amides is 1. The molecule has 24 heavy (non-hydrogen) atoms. The SMILES string of the molecule is Cc1nc(-c2cccs2)sc1C(=O)N1CCN(C[C@H](C)O)C[C@H]1C. The van der Waals surface area contributed by atoms with Crippen LogP contribution in [0.25, 0.3) is 9.88 Å². The van der Waals surface area contributed by atoms with E-state index in [1.54, 1.807) is 18.3 Å². The number of thiazole rings is 1.